The van der Waals surface area contributed by atoms with E-state index in [0.717, 1.165) is 40.2 Å². The molecule has 2 heterocycles. The summed E-state index contributed by atoms with van der Waals surface area (Å²) in [5.74, 6) is 0.780. The van der Waals surface area contributed by atoms with Crippen LogP contribution in [0.25, 0.3) is 0 Å². The normalized spacial score (nSPS) is 10.8. The summed E-state index contributed by atoms with van der Waals surface area (Å²) in [5, 5.41) is 9.88. The van der Waals surface area contributed by atoms with E-state index in [1.165, 1.54) is 0 Å². The molecule has 0 saturated carbocycles. The van der Waals surface area contributed by atoms with Gasteiger partial charge in [-0.2, -0.15) is 0 Å². The molecule has 0 spiro atoms. The fourth-order valence-corrected chi connectivity index (χ4v) is 3.28. The highest BCUT2D eigenvalue weighted by molar-refractivity contribution is 7.98. The zero-order valence-electron chi connectivity index (χ0n) is 11.9. The standard InChI is InChI=1S/C16H15ClN4S/c17-15-7-2-1-5-13(15)11-22-16-20-19-12-21(16)10-8-14-6-3-4-9-18-14/h1-7,9,12H,8,10-11H2. The van der Waals surface area contributed by atoms with Gasteiger partial charge in [-0.15, -0.1) is 10.2 Å². The molecular weight excluding hydrogens is 316 g/mol. The summed E-state index contributed by atoms with van der Waals surface area (Å²) in [6.45, 7) is 0.814. The second-order valence-electron chi connectivity index (χ2n) is 4.76. The summed E-state index contributed by atoms with van der Waals surface area (Å²) >= 11 is 7.82. The lowest BCUT2D eigenvalue weighted by Crippen LogP contribution is -2.03. The van der Waals surface area contributed by atoms with Crippen LogP contribution in [0.2, 0.25) is 5.02 Å². The summed E-state index contributed by atoms with van der Waals surface area (Å²) in [5.41, 5.74) is 2.17. The molecule has 3 aromatic rings. The average molecular weight is 331 g/mol. The number of nitrogens with zero attached hydrogens (tertiary/aromatic N) is 4. The molecule has 1 aromatic carbocycles. The maximum absolute atomic E-state index is 6.18. The van der Waals surface area contributed by atoms with Gasteiger partial charge < -0.3 is 4.57 Å². The molecule has 0 aliphatic rings. The molecule has 3 rings (SSSR count). The Kier molecular flexibility index (Phi) is 5.08. The number of thioether (sulfide) groups is 1. The van der Waals surface area contributed by atoms with Crippen LogP contribution >= 0.6 is 23.4 Å². The van der Waals surface area contributed by atoms with E-state index >= 15 is 0 Å². The summed E-state index contributed by atoms with van der Waals surface area (Å²) in [4.78, 5) is 4.33. The molecule has 0 amide bonds. The second kappa shape index (κ2) is 7.42. The van der Waals surface area contributed by atoms with Crippen molar-refractivity contribution in [3.8, 4) is 0 Å². The molecule has 0 atom stereocenters. The van der Waals surface area contributed by atoms with Crippen molar-refractivity contribution in [3.05, 3.63) is 71.3 Å². The largest absolute Gasteiger partial charge is 0.308 e. The number of benzene rings is 1. The van der Waals surface area contributed by atoms with Crippen LogP contribution in [0.15, 0.2) is 60.1 Å². The van der Waals surface area contributed by atoms with E-state index in [9.17, 15) is 0 Å². The predicted octanol–water partition coefficient (Wildman–Crippen LogP) is 3.86. The third-order valence-electron chi connectivity index (χ3n) is 3.23. The first kappa shape index (κ1) is 15.1. The number of hydrogen-bond donors (Lipinski definition) is 0. The van der Waals surface area contributed by atoms with Gasteiger partial charge in [-0.1, -0.05) is 47.6 Å². The van der Waals surface area contributed by atoms with Gasteiger partial charge in [0.2, 0.25) is 0 Å². The van der Waals surface area contributed by atoms with E-state index in [1.54, 1.807) is 18.1 Å². The average Bonchev–Trinajstić information content (AvgIpc) is 3.01. The van der Waals surface area contributed by atoms with Crippen LogP contribution in [-0.2, 0) is 18.7 Å². The zero-order valence-corrected chi connectivity index (χ0v) is 13.5. The summed E-state index contributed by atoms with van der Waals surface area (Å²) < 4.78 is 2.05. The minimum absolute atomic E-state index is 0.780. The zero-order chi connectivity index (χ0) is 15.2. The Morgan fingerprint density at radius 3 is 2.77 bits per heavy atom. The van der Waals surface area contributed by atoms with E-state index in [0.29, 0.717) is 0 Å². The Bertz CT molecular complexity index is 730. The van der Waals surface area contributed by atoms with E-state index in [2.05, 4.69) is 19.7 Å². The Morgan fingerprint density at radius 1 is 1.09 bits per heavy atom. The molecule has 0 aliphatic heterocycles. The summed E-state index contributed by atoms with van der Waals surface area (Å²) in [6.07, 6.45) is 4.44. The molecule has 112 valence electrons. The van der Waals surface area contributed by atoms with E-state index in [4.69, 9.17) is 11.6 Å². The molecule has 0 N–H and O–H groups in total. The molecule has 22 heavy (non-hydrogen) atoms. The fourth-order valence-electron chi connectivity index (χ4n) is 2.05. The number of aromatic nitrogens is 4. The van der Waals surface area contributed by atoms with Crippen LogP contribution in [0.5, 0.6) is 0 Å². The number of hydrogen-bond acceptors (Lipinski definition) is 4. The lowest BCUT2D eigenvalue weighted by Gasteiger charge is -2.07. The first-order chi connectivity index (χ1) is 10.8. The Labute approximate surface area is 138 Å². The van der Waals surface area contributed by atoms with Gasteiger partial charge in [-0.05, 0) is 23.8 Å². The smallest absolute Gasteiger partial charge is 0.191 e. The summed E-state index contributed by atoms with van der Waals surface area (Å²) in [6, 6.07) is 13.8. The third kappa shape index (κ3) is 3.87. The first-order valence-electron chi connectivity index (χ1n) is 6.97. The molecule has 0 aliphatic carbocycles. The van der Waals surface area contributed by atoms with Crippen LogP contribution < -0.4 is 0 Å². The molecule has 0 saturated heterocycles. The van der Waals surface area contributed by atoms with Crippen LogP contribution in [0, 0.1) is 0 Å². The van der Waals surface area contributed by atoms with Crippen molar-refractivity contribution in [2.45, 2.75) is 23.9 Å². The van der Waals surface area contributed by atoms with E-state index in [-0.39, 0.29) is 0 Å². The van der Waals surface area contributed by atoms with Crippen molar-refractivity contribution in [2.75, 3.05) is 0 Å². The second-order valence-corrected chi connectivity index (χ2v) is 6.11. The van der Waals surface area contributed by atoms with Crippen LogP contribution in [0.4, 0.5) is 0 Å². The van der Waals surface area contributed by atoms with Gasteiger partial charge in [-0.3, -0.25) is 4.98 Å². The Balaban J connectivity index is 1.61. The minimum atomic E-state index is 0.780. The number of pyridine rings is 1. The maximum Gasteiger partial charge on any atom is 0.191 e. The van der Waals surface area contributed by atoms with Gasteiger partial charge in [0.25, 0.3) is 0 Å². The van der Waals surface area contributed by atoms with Crippen molar-refractivity contribution in [2.24, 2.45) is 0 Å². The highest BCUT2D eigenvalue weighted by Gasteiger charge is 2.07. The number of aryl methyl sites for hydroxylation is 2. The Hall–Kier alpha value is -1.85. The van der Waals surface area contributed by atoms with Gasteiger partial charge in [0, 0.05) is 35.6 Å². The van der Waals surface area contributed by atoms with Crippen LogP contribution in [-0.4, -0.2) is 19.7 Å². The van der Waals surface area contributed by atoms with Gasteiger partial charge >= 0.3 is 0 Å². The number of halogens is 1. The molecule has 6 heteroatoms. The lowest BCUT2D eigenvalue weighted by atomic mass is 10.2. The molecule has 0 bridgehead atoms. The third-order valence-corrected chi connectivity index (χ3v) is 4.63. The van der Waals surface area contributed by atoms with Gasteiger partial charge in [0.05, 0.1) is 0 Å². The fraction of sp³-hybridized carbons (Fsp3) is 0.188. The van der Waals surface area contributed by atoms with Crippen molar-refractivity contribution < 1.29 is 0 Å². The molecule has 0 radical (unpaired) electrons. The molecule has 0 fully saturated rings. The van der Waals surface area contributed by atoms with E-state index in [1.807, 2.05) is 48.7 Å². The van der Waals surface area contributed by atoms with E-state index < -0.39 is 0 Å². The molecule has 2 aromatic heterocycles. The van der Waals surface area contributed by atoms with Crippen molar-refractivity contribution in [3.63, 3.8) is 0 Å². The van der Waals surface area contributed by atoms with Gasteiger partial charge in [0.15, 0.2) is 5.16 Å². The molecular formula is C16H15ClN4S. The highest BCUT2D eigenvalue weighted by atomic mass is 35.5. The van der Waals surface area contributed by atoms with Crippen molar-refractivity contribution in [1.82, 2.24) is 19.7 Å². The van der Waals surface area contributed by atoms with Gasteiger partial charge in [-0.25, -0.2) is 0 Å². The van der Waals surface area contributed by atoms with Crippen molar-refractivity contribution >= 4 is 23.4 Å². The SMILES string of the molecule is Clc1ccccc1CSc1nncn1CCc1ccccn1. The number of rotatable bonds is 6. The minimum Gasteiger partial charge on any atom is -0.308 e. The van der Waals surface area contributed by atoms with Gasteiger partial charge in [0.1, 0.15) is 6.33 Å². The first-order valence-corrected chi connectivity index (χ1v) is 8.33. The quantitative estimate of drug-likeness (QED) is 0.644. The lowest BCUT2D eigenvalue weighted by molar-refractivity contribution is 0.626. The van der Waals surface area contributed by atoms with Crippen LogP contribution in [0.3, 0.4) is 0 Å². The maximum atomic E-state index is 6.18. The topological polar surface area (TPSA) is 43.6 Å². The Morgan fingerprint density at radius 2 is 1.95 bits per heavy atom. The predicted molar refractivity (Wildman–Crippen MR) is 89.0 cm³/mol. The highest BCUT2D eigenvalue weighted by Crippen LogP contribution is 2.25. The summed E-state index contributed by atoms with van der Waals surface area (Å²) in [7, 11) is 0. The molecule has 4 nitrogen and oxygen atoms in total. The monoisotopic (exact) mass is 330 g/mol. The van der Waals surface area contributed by atoms with Crippen LogP contribution in [0.1, 0.15) is 11.3 Å². The van der Waals surface area contributed by atoms with Crippen molar-refractivity contribution in [1.29, 1.82) is 0 Å². The molecule has 0 unspecified atom stereocenters.